The average molecular weight is 312 g/mol. The van der Waals surface area contributed by atoms with Crippen LogP contribution >= 0.6 is 0 Å². The summed E-state index contributed by atoms with van der Waals surface area (Å²) in [6, 6.07) is 0. The van der Waals surface area contributed by atoms with E-state index in [1.165, 1.54) is 0 Å². The van der Waals surface area contributed by atoms with Crippen LogP contribution in [-0.4, -0.2) is 70.8 Å². The normalized spacial score (nSPS) is 22.7. The summed E-state index contributed by atoms with van der Waals surface area (Å²) in [5, 5.41) is 13.9. The first-order chi connectivity index (χ1) is 10.5. The molecule has 0 unspecified atom stereocenters. The molecule has 8 nitrogen and oxygen atoms in total. The highest BCUT2D eigenvalue weighted by molar-refractivity contribution is 5.79. The highest BCUT2D eigenvalue weighted by Gasteiger charge is 2.34. The molecular weight excluding hydrogens is 288 g/mol. The number of nitrogens with zero attached hydrogens (tertiary/aromatic N) is 4. The van der Waals surface area contributed by atoms with E-state index in [0.717, 1.165) is 6.54 Å². The van der Waals surface area contributed by atoms with Crippen LogP contribution < -0.4 is 0 Å². The number of aromatic nitrogens is 2. The first-order valence-corrected chi connectivity index (χ1v) is 7.51. The van der Waals surface area contributed by atoms with Crippen LogP contribution in [0.15, 0.2) is 4.52 Å². The molecule has 1 aromatic heterocycles. The smallest absolute Gasteiger partial charge is 0.246 e. The standard InChI is InChI=1S/C14H24N4O4/c1-4-18(8-13-15-12(9-21-3)16-22-13)14(20)10-7-17(2)6-5-11(10)19/h10-11,19H,4-9H2,1-3H3/t10-,11+/m1/s1. The number of carbonyl (C=O) groups is 1. The quantitative estimate of drug-likeness (QED) is 0.782. The lowest BCUT2D eigenvalue weighted by molar-refractivity contribution is -0.143. The molecule has 124 valence electrons. The van der Waals surface area contributed by atoms with Gasteiger partial charge in [0.05, 0.1) is 18.6 Å². The highest BCUT2D eigenvalue weighted by Crippen LogP contribution is 2.19. The van der Waals surface area contributed by atoms with Crippen molar-refractivity contribution < 1.29 is 19.2 Å². The summed E-state index contributed by atoms with van der Waals surface area (Å²) in [6.07, 6.45) is 0.0210. The molecule has 2 heterocycles. The van der Waals surface area contributed by atoms with Crippen LogP contribution in [0.25, 0.3) is 0 Å². The number of piperidine rings is 1. The molecule has 1 fully saturated rings. The van der Waals surface area contributed by atoms with Crippen molar-refractivity contribution in [3.05, 3.63) is 11.7 Å². The van der Waals surface area contributed by atoms with Crippen molar-refractivity contribution >= 4 is 5.91 Å². The fraction of sp³-hybridized carbons (Fsp3) is 0.786. The Morgan fingerprint density at radius 2 is 2.36 bits per heavy atom. The second-order valence-electron chi connectivity index (χ2n) is 5.61. The molecule has 1 aliphatic heterocycles. The topological polar surface area (TPSA) is 91.9 Å². The molecule has 2 atom stereocenters. The number of ether oxygens (including phenoxy) is 1. The van der Waals surface area contributed by atoms with Gasteiger partial charge in [-0.2, -0.15) is 4.98 Å². The van der Waals surface area contributed by atoms with Gasteiger partial charge in [0.1, 0.15) is 6.61 Å². The lowest BCUT2D eigenvalue weighted by Gasteiger charge is -2.35. The monoisotopic (exact) mass is 312 g/mol. The fourth-order valence-electron chi connectivity index (χ4n) is 2.63. The van der Waals surface area contributed by atoms with Gasteiger partial charge >= 0.3 is 0 Å². The lowest BCUT2D eigenvalue weighted by atomic mass is 9.93. The van der Waals surface area contributed by atoms with E-state index in [1.807, 2.05) is 14.0 Å². The zero-order chi connectivity index (χ0) is 16.1. The van der Waals surface area contributed by atoms with Crippen LogP contribution in [0.4, 0.5) is 0 Å². The first kappa shape index (κ1) is 16.9. The summed E-state index contributed by atoms with van der Waals surface area (Å²) in [5.74, 6) is 0.354. The van der Waals surface area contributed by atoms with Crippen LogP contribution in [-0.2, 0) is 22.7 Å². The third-order valence-corrected chi connectivity index (χ3v) is 3.90. The van der Waals surface area contributed by atoms with E-state index in [4.69, 9.17) is 9.26 Å². The van der Waals surface area contributed by atoms with Crippen molar-refractivity contribution in [3.63, 3.8) is 0 Å². The third-order valence-electron chi connectivity index (χ3n) is 3.90. The van der Waals surface area contributed by atoms with E-state index < -0.39 is 12.0 Å². The largest absolute Gasteiger partial charge is 0.392 e. The number of hydrogen-bond donors (Lipinski definition) is 1. The summed E-state index contributed by atoms with van der Waals surface area (Å²) in [5.41, 5.74) is 0. The predicted octanol–water partition coefficient (Wildman–Crippen LogP) is -0.123. The third kappa shape index (κ3) is 4.02. The van der Waals surface area contributed by atoms with Crippen molar-refractivity contribution in [2.24, 2.45) is 5.92 Å². The van der Waals surface area contributed by atoms with Crippen molar-refractivity contribution in [2.75, 3.05) is 33.8 Å². The summed E-state index contributed by atoms with van der Waals surface area (Å²) in [6.45, 7) is 4.31. The fourth-order valence-corrected chi connectivity index (χ4v) is 2.63. The van der Waals surface area contributed by atoms with E-state index in [0.29, 0.717) is 31.2 Å². The molecule has 0 saturated carbocycles. The molecular formula is C14H24N4O4. The van der Waals surface area contributed by atoms with Gasteiger partial charge in [0.25, 0.3) is 0 Å². The van der Waals surface area contributed by atoms with Gasteiger partial charge in [0.15, 0.2) is 5.82 Å². The van der Waals surface area contributed by atoms with Gasteiger partial charge in [-0.25, -0.2) is 0 Å². The number of hydrogen-bond acceptors (Lipinski definition) is 7. The maximum Gasteiger partial charge on any atom is 0.246 e. The van der Waals surface area contributed by atoms with Gasteiger partial charge in [-0.3, -0.25) is 4.79 Å². The maximum absolute atomic E-state index is 12.6. The summed E-state index contributed by atoms with van der Waals surface area (Å²) in [7, 11) is 3.51. The van der Waals surface area contributed by atoms with Gasteiger partial charge in [0.2, 0.25) is 11.8 Å². The van der Waals surface area contributed by atoms with Crippen LogP contribution in [0.2, 0.25) is 0 Å². The molecule has 1 aliphatic rings. The van der Waals surface area contributed by atoms with Crippen molar-refractivity contribution in [2.45, 2.75) is 32.6 Å². The Morgan fingerprint density at radius 3 is 3.05 bits per heavy atom. The van der Waals surface area contributed by atoms with Crippen LogP contribution in [0.5, 0.6) is 0 Å². The van der Waals surface area contributed by atoms with Crippen LogP contribution in [0.1, 0.15) is 25.1 Å². The Balaban J connectivity index is 2.01. The minimum Gasteiger partial charge on any atom is -0.392 e. The van der Waals surface area contributed by atoms with E-state index in [-0.39, 0.29) is 19.1 Å². The van der Waals surface area contributed by atoms with Crippen LogP contribution in [0, 0.1) is 5.92 Å². The van der Waals surface area contributed by atoms with E-state index in [1.54, 1.807) is 12.0 Å². The minimum absolute atomic E-state index is 0.0759. The number of carbonyl (C=O) groups excluding carboxylic acids is 1. The maximum atomic E-state index is 12.6. The second kappa shape index (κ2) is 7.66. The molecule has 8 heteroatoms. The molecule has 1 aromatic rings. The Morgan fingerprint density at radius 1 is 1.59 bits per heavy atom. The zero-order valence-electron chi connectivity index (χ0n) is 13.4. The van der Waals surface area contributed by atoms with E-state index >= 15 is 0 Å². The number of likely N-dealkylation sites (tertiary alicyclic amines) is 1. The van der Waals surface area contributed by atoms with E-state index in [2.05, 4.69) is 15.0 Å². The van der Waals surface area contributed by atoms with Gasteiger partial charge in [-0.1, -0.05) is 5.16 Å². The number of rotatable bonds is 6. The zero-order valence-corrected chi connectivity index (χ0v) is 13.4. The van der Waals surface area contributed by atoms with E-state index in [9.17, 15) is 9.90 Å². The number of methoxy groups -OCH3 is 1. The number of amides is 1. The Bertz CT molecular complexity index is 493. The van der Waals surface area contributed by atoms with Gasteiger partial charge in [-0.05, 0) is 20.4 Å². The lowest BCUT2D eigenvalue weighted by Crippen LogP contribution is -2.49. The first-order valence-electron chi connectivity index (χ1n) is 7.51. The predicted molar refractivity (Wildman–Crippen MR) is 77.7 cm³/mol. The van der Waals surface area contributed by atoms with Crippen molar-refractivity contribution in [3.8, 4) is 0 Å². The van der Waals surface area contributed by atoms with Gasteiger partial charge in [-0.15, -0.1) is 0 Å². The van der Waals surface area contributed by atoms with Crippen molar-refractivity contribution in [1.29, 1.82) is 0 Å². The molecule has 0 spiro atoms. The number of aliphatic hydroxyl groups excluding tert-OH is 1. The molecule has 0 aliphatic carbocycles. The molecule has 22 heavy (non-hydrogen) atoms. The molecule has 1 amide bonds. The Labute approximate surface area is 130 Å². The summed E-state index contributed by atoms with van der Waals surface area (Å²) < 4.78 is 10.1. The van der Waals surface area contributed by atoms with Gasteiger partial charge in [0, 0.05) is 26.7 Å². The Kier molecular flexibility index (Phi) is 5.87. The molecule has 1 N–H and O–H groups in total. The van der Waals surface area contributed by atoms with Crippen molar-refractivity contribution in [1.82, 2.24) is 19.9 Å². The summed E-state index contributed by atoms with van der Waals surface area (Å²) >= 11 is 0. The highest BCUT2D eigenvalue weighted by atomic mass is 16.5. The van der Waals surface area contributed by atoms with Gasteiger partial charge < -0.3 is 24.2 Å². The number of aliphatic hydroxyl groups is 1. The van der Waals surface area contributed by atoms with Crippen LogP contribution in [0.3, 0.4) is 0 Å². The molecule has 1 saturated heterocycles. The summed E-state index contributed by atoms with van der Waals surface area (Å²) in [4.78, 5) is 20.5. The Hall–Kier alpha value is -1.51. The average Bonchev–Trinajstić information content (AvgIpc) is 2.94. The SMILES string of the molecule is CCN(Cc1nc(COC)no1)C(=O)[C@@H]1CN(C)CC[C@@H]1O. The minimum atomic E-state index is -0.593. The molecule has 0 aromatic carbocycles. The molecule has 0 bridgehead atoms. The second-order valence-corrected chi connectivity index (χ2v) is 5.61. The molecule has 2 rings (SSSR count). The molecule has 0 radical (unpaired) electrons.